The van der Waals surface area contributed by atoms with Crippen LogP contribution in [-0.2, 0) is 11.3 Å². The number of carbonyl (C=O) groups excluding carboxylic acids is 1. The van der Waals surface area contributed by atoms with Gasteiger partial charge in [0.2, 0.25) is 5.91 Å². The van der Waals surface area contributed by atoms with Crippen LogP contribution in [0.5, 0.6) is 0 Å². The first kappa shape index (κ1) is 17.0. The van der Waals surface area contributed by atoms with Crippen molar-refractivity contribution in [3.05, 3.63) is 22.7 Å². The Kier molecular flexibility index (Phi) is 6.18. The maximum absolute atomic E-state index is 12.4. The summed E-state index contributed by atoms with van der Waals surface area (Å²) in [6.45, 7) is 6.12. The minimum absolute atomic E-state index is 0.0600. The Labute approximate surface area is 136 Å². The molecule has 1 aromatic rings. The van der Waals surface area contributed by atoms with Gasteiger partial charge in [-0.05, 0) is 13.3 Å². The van der Waals surface area contributed by atoms with Gasteiger partial charge in [-0.3, -0.25) is 14.5 Å². The van der Waals surface area contributed by atoms with Gasteiger partial charge in [0.15, 0.2) is 5.82 Å². The van der Waals surface area contributed by atoms with Gasteiger partial charge >= 0.3 is 0 Å². The largest absolute Gasteiger partial charge is 0.351 e. The molecule has 1 N–H and O–H groups in total. The van der Waals surface area contributed by atoms with E-state index in [4.69, 9.17) is 6.42 Å². The summed E-state index contributed by atoms with van der Waals surface area (Å²) >= 11 is 0. The second-order valence-corrected chi connectivity index (χ2v) is 5.44. The van der Waals surface area contributed by atoms with Crippen LogP contribution in [0.2, 0.25) is 0 Å². The molecule has 1 aromatic heterocycles. The lowest BCUT2D eigenvalue weighted by atomic mass is 10.3. The minimum atomic E-state index is -0.0671. The van der Waals surface area contributed by atoms with E-state index in [1.807, 2.05) is 11.8 Å². The number of aryl methyl sites for hydroxylation is 1. The van der Waals surface area contributed by atoms with Gasteiger partial charge in [0.25, 0.3) is 5.56 Å². The zero-order valence-corrected chi connectivity index (χ0v) is 13.5. The lowest BCUT2D eigenvalue weighted by Gasteiger charge is -2.22. The smallest absolute Gasteiger partial charge is 0.293 e. The molecule has 0 radical (unpaired) electrons. The summed E-state index contributed by atoms with van der Waals surface area (Å²) in [4.78, 5) is 32.4. The van der Waals surface area contributed by atoms with Crippen LogP contribution in [0.3, 0.4) is 0 Å². The molecule has 2 rings (SSSR count). The molecule has 0 spiro atoms. The maximum Gasteiger partial charge on any atom is 0.293 e. The van der Waals surface area contributed by atoms with Gasteiger partial charge in [-0.1, -0.05) is 5.92 Å². The maximum atomic E-state index is 12.4. The van der Waals surface area contributed by atoms with Gasteiger partial charge in [0, 0.05) is 45.1 Å². The Morgan fingerprint density at radius 3 is 2.96 bits per heavy atom. The zero-order chi connectivity index (χ0) is 16.7. The summed E-state index contributed by atoms with van der Waals surface area (Å²) in [7, 11) is 0. The number of terminal acetylenes is 1. The van der Waals surface area contributed by atoms with E-state index in [2.05, 4.69) is 21.1 Å². The molecular formula is C16H23N5O2. The fourth-order valence-corrected chi connectivity index (χ4v) is 2.65. The monoisotopic (exact) mass is 317 g/mol. The Morgan fingerprint density at radius 2 is 2.22 bits per heavy atom. The van der Waals surface area contributed by atoms with Crippen molar-refractivity contribution < 1.29 is 4.79 Å². The summed E-state index contributed by atoms with van der Waals surface area (Å²) in [5, 5.41) is 2.67. The number of nitrogens with zero attached hydrogens (tertiary/aromatic N) is 4. The molecule has 0 bridgehead atoms. The fourth-order valence-electron chi connectivity index (χ4n) is 2.65. The average molecular weight is 317 g/mol. The molecule has 0 unspecified atom stereocenters. The quantitative estimate of drug-likeness (QED) is 0.743. The van der Waals surface area contributed by atoms with Crippen molar-refractivity contribution >= 4 is 11.7 Å². The van der Waals surface area contributed by atoms with Crippen molar-refractivity contribution in [3.8, 4) is 12.3 Å². The standard InChI is InChI=1S/C16H23N5O2/c1-3-6-17-14(22)13-19-8-5-9-21(12-11-19)15-16(23)20(4-2)10-7-18-15/h1,7,10H,4-6,8-9,11-13H2,2H3,(H,17,22). The number of aromatic nitrogens is 2. The molecule has 124 valence electrons. The highest BCUT2D eigenvalue weighted by Crippen LogP contribution is 2.09. The first-order chi connectivity index (χ1) is 11.2. The second-order valence-electron chi connectivity index (χ2n) is 5.44. The molecule has 1 fully saturated rings. The molecule has 0 aliphatic carbocycles. The van der Waals surface area contributed by atoms with Crippen molar-refractivity contribution in [2.75, 3.05) is 44.2 Å². The zero-order valence-electron chi connectivity index (χ0n) is 13.5. The molecule has 0 aromatic carbocycles. The van der Waals surface area contributed by atoms with Gasteiger partial charge in [-0.25, -0.2) is 4.98 Å². The van der Waals surface area contributed by atoms with Crippen LogP contribution in [0.1, 0.15) is 13.3 Å². The summed E-state index contributed by atoms with van der Waals surface area (Å²) < 4.78 is 1.65. The van der Waals surface area contributed by atoms with E-state index in [-0.39, 0.29) is 18.0 Å². The third-order valence-electron chi connectivity index (χ3n) is 3.88. The molecule has 7 nitrogen and oxygen atoms in total. The minimum Gasteiger partial charge on any atom is -0.351 e. The van der Waals surface area contributed by atoms with Crippen LogP contribution in [0.4, 0.5) is 5.82 Å². The second kappa shape index (κ2) is 8.34. The number of hydrogen-bond donors (Lipinski definition) is 1. The molecule has 1 aliphatic heterocycles. The summed E-state index contributed by atoms with van der Waals surface area (Å²) in [5.74, 6) is 2.82. The van der Waals surface area contributed by atoms with Crippen LogP contribution >= 0.6 is 0 Å². The molecule has 7 heteroatoms. The van der Waals surface area contributed by atoms with Crippen molar-refractivity contribution in [3.63, 3.8) is 0 Å². The number of carbonyl (C=O) groups is 1. The highest BCUT2D eigenvalue weighted by molar-refractivity contribution is 5.78. The molecule has 23 heavy (non-hydrogen) atoms. The van der Waals surface area contributed by atoms with Gasteiger partial charge in [-0.2, -0.15) is 0 Å². The first-order valence-electron chi connectivity index (χ1n) is 7.88. The lowest BCUT2D eigenvalue weighted by Crippen LogP contribution is -2.40. The molecule has 1 amide bonds. The van der Waals surface area contributed by atoms with E-state index >= 15 is 0 Å². The van der Waals surface area contributed by atoms with Gasteiger partial charge in [-0.15, -0.1) is 6.42 Å². The van der Waals surface area contributed by atoms with Crippen molar-refractivity contribution in [2.45, 2.75) is 19.9 Å². The van der Waals surface area contributed by atoms with Gasteiger partial charge in [0.1, 0.15) is 0 Å². The number of hydrogen-bond acceptors (Lipinski definition) is 5. The van der Waals surface area contributed by atoms with Crippen molar-refractivity contribution in [2.24, 2.45) is 0 Å². The Bertz CT molecular complexity index is 634. The molecular weight excluding hydrogens is 294 g/mol. The predicted octanol–water partition coefficient (Wildman–Crippen LogP) is -0.475. The lowest BCUT2D eigenvalue weighted by molar-refractivity contribution is -0.121. The predicted molar refractivity (Wildman–Crippen MR) is 89.3 cm³/mol. The Balaban J connectivity index is 1.98. The number of amides is 1. The number of rotatable bonds is 5. The number of nitrogens with one attached hydrogen (secondary N) is 1. The van der Waals surface area contributed by atoms with E-state index in [1.165, 1.54) is 0 Å². The van der Waals surface area contributed by atoms with Crippen LogP contribution in [0, 0.1) is 12.3 Å². The molecule has 2 heterocycles. The molecule has 1 aliphatic rings. The molecule has 1 saturated heterocycles. The fraction of sp³-hybridized carbons (Fsp3) is 0.562. The van der Waals surface area contributed by atoms with Crippen molar-refractivity contribution in [1.29, 1.82) is 0 Å². The van der Waals surface area contributed by atoms with Crippen LogP contribution < -0.4 is 15.8 Å². The highest BCUT2D eigenvalue weighted by Gasteiger charge is 2.20. The van der Waals surface area contributed by atoms with Crippen LogP contribution in [0.15, 0.2) is 17.2 Å². The van der Waals surface area contributed by atoms with Gasteiger partial charge in [0.05, 0.1) is 13.1 Å². The summed E-state index contributed by atoms with van der Waals surface area (Å²) in [6.07, 6.45) is 9.37. The highest BCUT2D eigenvalue weighted by atomic mass is 16.2. The SMILES string of the molecule is C#CCNC(=O)CN1CCCN(c2nccn(CC)c2=O)CC1. The topological polar surface area (TPSA) is 70.5 Å². The van der Waals surface area contributed by atoms with E-state index in [9.17, 15) is 9.59 Å². The van der Waals surface area contributed by atoms with E-state index in [1.54, 1.807) is 17.0 Å². The molecule has 0 atom stereocenters. The van der Waals surface area contributed by atoms with E-state index < -0.39 is 0 Å². The summed E-state index contributed by atoms with van der Waals surface area (Å²) in [5.41, 5.74) is -0.0600. The van der Waals surface area contributed by atoms with Gasteiger partial charge < -0.3 is 14.8 Å². The average Bonchev–Trinajstić information content (AvgIpc) is 2.79. The van der Waals surface area contributed by atoms with E-state index in [0.717, 1.165) is 19.5 Å². The van der Waals surface area contributed by atoms with E-state index in [0.29, 0.717) is 32.0 Å². The van der Waals surface area contributed by atoms with Crippen LogP contribution in [0.25, 0.3) is 0 Å². The number of anilines is 1. The molecule has 0 saturated carbocycles. The van der Waals surface area contributed by atoms with Crippen molar-refractivity contribution in [1.82, 2.24) is 19.8 Å². The Morgan fingerprint density at radius 1 is 1.39 bits per heavy atom. The first-order valence-corrected chi connectivity index (χ1v) is 7.88. The van der Waals surface area contributed by atoms with Crippen LogP contribution in [-0.4, -0.2) is 59.6 Å². The summed E-state index contributed by atoms with van der Waals surface area (Å²) in [6, 6.07) is 0. The normalized spacial score (nSPS) is 15.7. The third-order valence-corrected chi connectivity index (χ3v) is 3.88. The Hall–Kier alpha value is -2.33. The third kappa shape index (κ3) is 4.57.